The Morgan fingerprint density at radius 3 is 1.10 bits per heavy atom. The molecule has 0 radical (unpaired) electrons. The molecule has 62 heavy (non-hydrogen) atoms. The van der Waals surface area contributed by atoms with Crippen molar-refractivity contribution in [1.82, 2.24) is 9.80 Å². The average molecular weight is 879 g/mol. The third-order valence-corrected chi connectivity index (χ3v) is 16.4. The molecule has 0 bridgehead atoms. The van der Waals surface area contributed by atoms with Crippen LogP contribution in [0, 0.1) is 23.7 Å². The summed E-state index contributed by atoms with van der Waals surface area (Å²) in [5.41, 5.74) is 3.17. The summed E-state index contributed by atoms with van der Waals surface area (Å²) in [7, 11) is 0. The number of hydrogen-bond acceptors (Lipinski definition) is 6. The molecule has 6 nitrogen and oxygen atoms in total. The molecule has 4 amide bonds. The van der Waals surface area contributed by atoms with Crippen molar-refractivity contribution in [3.63, 3.8) is 0 Å². The number of amides is 4. The van der Waals surface area contributed by atoms with Gasteiger partial charge in [-0.2, -0.15) is 0 Å². The van der Waals surface area contributed by atoms with E-state index in [9.17, 15) is 0 Å². The zero-order valence-corrected chi connectivity index (χ0v) is 40.9. The molecule has 6 rings (SSSR count). The average Bonchev–Trinajstić information content (AvgIpc) is 3.96. The van der Waals surface area contributed by atoms with Gasteiger partial charge in [-0.1, -0.05) is 145 Å². The number of imide groups is 2. The van der Waals surface area contributed by atoms with E-state index in [-0.39, 0.29) is 35.5 Å². The smallest absolute Gasteiger partial charge is 0.262 e. The lowest BCUT2D eigenvalue weighted by molar-refractivity contribution is 0.0559. The SMILES string of the molecule is CCCCC(CC)Cc1ccc(-c2cc3c4c(c(-c5ccc(CC(CC)CCCC)s5)cc5c4c2C(=O)N(CC(CC)CCCC)C5=O)C(=O)N(CC(CC)CCCC)C3=O)s1. The fraction of sp³-hybridized carbons (Fsp3) is 0.593. The highest BCUT2D eigenvalue weighted by Gasteiger charge is 2.44. The number of unbranched alkanes of at least 4 members (excludes halogenated alkanes) is 4. The normalized spacial score (nSPS) is 15.9. The van der Waals surface area contributed by atoms with Crippen molar-refractivity contribution >= 4 is 57.1 Å². The summed E-state index contributed by atoms with van der Waals surface area (Å²) in [5.74, 6) is 0.245. The molecular formula is C54H74N2O4S2. The van der Waals surface area contributed by atoms with E-state index in [4.69, 9.17) is 0 Å². The molecule has 4 aromatic rings. The number of carbonyl (C=O) groups excluding carboxylic acids is 4. The number of rotatable bonds is 26. The van der Waals surface area contributed by atoms with Crippen LogP contribution >= 0.6 is 22.7 Å². The Hall–Kier alpha value is -3.62. The molecule has 0 saturated carbocycles. The molecule has 0 N–H and O–H groups in total. The van der Waals surface area contributed by atoms with Gasteiger partial charge >= 0.3 is 0 Å². The van der Waals surface area contributed by atoms with Crippen molar-refractivity contribution in [3.05, 3.63) is 68.4 Å². The fourth-order valence-electron chi connectivity index (χ4n) is 9.95. The van der Waals surface area contributed by atoms with E-state index in [0.29, 0.717) is 69.1 Å². The Kier molecular flexibility index (Phi) is 17.2. The van der Waals surface area contributed by atoms with Crippen LogP contribution in [0.3, 0.4) is 0 Å². The molecule has 2 aromatic heterocycles. The largest absolute Gasteiger partial charge is 0.274 e. The number of thiophene rings is 2. The molecule has 8 heteroatoms. The molecule has 4 unspecified atom stereocenters. The van der Waals surface area contributed by atoms with Crippen LogP contribution in [0.15, 0.2) is 36.4 Å². The van der Waals surface area contributed by atoms with Gasteiger partial charge in [0.1, 0.15) is 0 Å². The molecule has 4 atom stereocenters. The van der Waals surface area contributed by atoms with E-state index in [1.165, 1.54) is 58.1 Å². The highest BCUT2D eigenvalue weighted by Crippen LogP contribution is 2.48. The Balaban J connectivity index is 1.60. The quantitative estimate of drug-likeness (QED) is 0.0589. The maximum atomic E-state index is 15.2. The van der Waals surface area contributed by atoms with Crippen molar-refractivity contribution in [2.75, 3.05) is 13.1 Å². The predicted octanol–water partition coefficient (Wildman–Crippen LogP) is 15.4. The second-order valence-electron chi connectivity index (χ2n) is 18.5. The van der Waals surface area contributed by atoms with Crippen molar-refractivity contribution in [1.29, 1.82) is 0 Å². The first kappa shape index (κ1) is 47.8. The van der Waals surface area contributed by atoms with Gasteiger partial charge in [0.15, 0.2) is 0 Å². The maximum Gasteiger partial charge on any atom is 0.262 e. The maximum absolute atomic E-state index is 15.2. The van der Waals surface area contributed by atoms with Gasteiger partial charge in [0.2, 0.25) is 0 Å². The first-order valence-corrected chi connectivity index (χ1v) is 26.3. The number of carbonyl (C=O) groups is 4. The summed E-state index contributed by atoms with van der Waals surface area (Å²) in [6.45, 7) is 18.4. The summed E-state index contributed by atoms with van der Waals surface area (Å²) in [6.07, 6.45) is 19.1. The lowest BCUT2D eigenvalue weighted by atomic mass is 9.80. The molecule has 0 fully saturated rings. The molecular weight excluding hydrogens is 805 g/mol. The second-order valence-corrected chi connectivity index (χ2v) is 20.8. The zero-order chi connectivity index (χ0) is 44.5. The molecule has 2 aliphatic rings. The number of benzene rings is 2. The summed E-state index contributed by atoms with van der Waals surface area (Å²) < 4.78 is 0. The van der Waals surface area contributed by atoms with Gasteiger partial charge in [-0.3, -0.25) is 29.0 Å². The molecule has 4 heterocycles. The van der Waals surface area contributed by atoms with E-state index >= 15 is 19.2 Å². The number of hydrogen-bond donors (Lipinski definition) is 0. The Morgan fingerprint density at radius 2 is 0.774 bits per heavy atom. The summed E-state index contributed by atoms with van der Waals surface area (Å²) >= 11 is 3.40. The van der Waals surface area contributed by atoms with Crippen LogP contribution < -0.4 is 0 Å². The van der Waals surface area contributed by atoms with Crippen LogP contribution in [-0.2, 0) is 12.8 Å². The van der Waals surface area contributed by atoms with Gasteiger partial charge in [0.25, 0.3) is 23.6 Å². The van der Waals surface area contributed by atoms with E-state index in [1.54, 1.807) is 22.7 Å². The minimum Gasteiger partial charge on any atom is -0.274 e. The highest BCUT2D eigenvalue weighted by molar-refractivity contribution is 7.16. The Labute approximate surface area is 381 Å². The molecule has 0 spiro atoms. The van der Waals surface area contributed by atoms with Crippen LogP contribution in [-0.4, -0.2) is 46.5 Å². The van der Waals surface area contributed by atoms with Gasteiger partial charge in [0.05, 0.1) is 11.1 Å². The molecule has 336 valence electrons. The monoisotopic (exact) mass is 879 g/mol. The minimum atomic E-state index is -0.322. The zero-order valence-electron chi connectivity index (χ0n) is 39.3. The third kappa shape index (κ3) is 10.2. The van der Waals surface area contributed by atoms with Crippen LogP contribution in [0.2, 0.25) is 0 Å². The summed E-state index contributed by atoms with van der Waals surface area (Å²) in [5, 5.41) is 0.963. The number of nitrogens with zero attached hydrogens (tertiary/aromatic N) is 2. The molecule has 2 aliphatic heterocycles. The fourth-order valence-corrected chi connectivity index (χ4v) is 12.2. The van der Waals surface area contributed by atoms with Crippen LogP contribution in [0.5, 0.6) is 0 Å². The summed E-state index contributed by atoms with van der Waals surface area (Å²) in [4.78, 5) is 68.0. The van der Waals surface area contributed by atoms with Crippen LogP contribution in [0.1, 0.15) is 209 Å². The highest BCUT2D eigenvalue weighted by atomic mass is 32.1. The van der Waals surface area contributed by atoms with Gasteiger partial charge in [-0.15, -0.1) is 22.7 Å². The van der Waals surface area contributed by atoms with E-state index in [2.05, 4.69) is 79.7 Å². The van der Waals surface area contributed by atoms with Gasteiger partial charge < -0.3 is 0 Å². The van der Waals surface area contributed by atoms with Crippen molar-refractivity contribution in [2.24, 2.45) is 23.7 Å². The van der Waals surface area contributed by atoms with Crippen LogP contribution in [0.25, 0.3) is 31.7 Å². The van der Waals surface area contributed by atoms with Crippen molar-refractivity contribution in [2.45, 2.75) is 171 Å². The van der Waals surface area contributed by atoms with Crippen molar-refractivity contribution < 1.29 is 19.2 Å². The van der Waals surface area contributed by atoms with E-state index < -0.39 is 0 Å². The lowest BCUT2D eigenvalue weighted by Crippen LogP contribution is -2.46. The third-order valence-electron chi connectivity index (χ3n) is 14.2. The molecule has 2 aromatic carbocycles. The first-order chi connectivity index (χ1) is 30.1. The van der Waals surface area contributed by atoms with E-state index in [0.717, 1.165) is 86.8 Å². The predicted molar refractivity (Wildman–Crippen MR) is 262 cm³/mol. The lowest BCUT2D eigenvalue weighted by Gasteiger charge is -2.36. The topological polar surface area (TPSA) is 74.8 Å². The van der Waals surface area contributed by atoms with E-state index in [1.807, 2.05) is 12.1 Å². The second kappa shape index (κ2) is 22.3. The summed E-state index contributed by atoms with van der Waals surface area (Å²) in [6, 6.07) is 12.5. The molecule has 0 aliphatic carbocycles. The van der Waals surface area contributed by atoms with Gasteiger partial charge in [-0.05, 0) is 85.8 Å². The minimum absolute atomic E-state index is 0.178. The van der Waals surface area contributed by atoms with Gasteiger partial charge in [-0.25, -0.2) is 0 Å². The van der Waals surface area contributed by atoms with Gasteiger partial charge in [0, 0.05) is 65.6 Å². The van der Waals surface area contributed by atoms with Crippen molar-refractivity contribution in [3.8, 4) is 20.9 Å². The standard InChI is InChI=1S/C54H74N2O4S2/c1-9-17-21-35(13-5)29-39-25-27-45(61-39)41-31-43-48-47-44(52(58)55(53(59)49(41)47)33-37(15-7)23-19-11-3)32-42(46-28-26-40(62-46)30-36(14-6)22-18-10-2)50(48)54(60)56(51(43)57)34-38(16-8)24-20-12-4/h25-28,31-32,35-38H,9-24,29-30,33-34H2,1-8H3. The Bertz CT molecular complexity index is 2040. The Morgan fingerprint density at radius 1 is 0.435 bits per heavy atom. The first-order valence-electron chi connectivity index (χ1n) is 24.6. The van der Waals surface area contributed by atoms with Crippen LogP contribution in [0.4, 0.5) is 0 Å². The molecule has 0 saturated heterocycles.